The minimum Gasteiger partial charge on any atom is -0.392 e. The number of hydrogen-bond acceptors (Lipinski definition) is 4. The van der Waals surface area contributed by atoms with Crippen molar-refractivity contribution in [1.29, 1.82) is 0 Å². The van der Waals surface area contributed by atoms with Gasteiger partial charge in [0.15, 0.2) is 5.78 Å². The van der Waals surface area contributed by atoms with Crippen molar-refractivity contribution in [1.82, 2.24) is 5.32 Å². The fourth-order valence-corrected chi connectivity index (χ4v) is 3.73. The molecular formula is C22H24ClFN2O3. The Morgan fingerprint density at radius 3 is 2.45 bits per heavy atom. The molecule has 3 rings (SSSR count). The second-order valence-electron chi connectivity index (χ2n) is 7.56. The molecule has 1 saturated carbocycles. The highest BCUT2D eigenvalue weighted by molar-refractivity contribution is 6.35. The predicted molar refractivity (Wildman–Crippen MR) is 109 cm³/mol. The molecule has 0 aliphatic heterocycles. The van der Waals surface area contributed by atoms with E-state index in [0.29, 0.717) is 11.1 Å². The Bertz CT molecular complexity index is 913. The molecule has 4 N–H and O–H groups in total. The lowest BCUT2D eigenvalue weighted by Crippen LogP contribution is -2.35. The van der Waals surface area contributed by atoms with Crippen molar-refractivity contribution >= 4 is 23.3 Å². The van der Waals surface area contributed by atoms with Gasteiger partial charge in [0.1, 0.15) is 5.82 Å². The molecule has 7 heteroatoms. The largest absolute Gasteiger partial charge is 0.392 e. The highest BCUT2D eigenvalue weighted by Gasteiger charge is 2.36. The van der Waals surface area contributed by atoms with Gasteiger partial charge in [-0.25, -0.2) is 4.39 Å². The second kappa shape index (κ2) is 9.03. The number of rotatable bonds is 9. The fourth-order valence-electron chi connectivity index (χ4n) is 3.50. The predicted octanol–water partition coefficient (Wildman–Crippen LogP) is 3.51. The number of aliphatic hydroxyl groups is 1. The van der Waals surface area contributed by atoms with Crippen LogP contribution in [0.25, 0.3) is 0 Å². The molecule has 1 aliphatic rings. The van der Waals surface area contributed by atoms with Crippen molar-refractivity contribution in [3.8, 4) is 0 Å². The zero-order valence-corrected chi connectivity index (χ0v) is 16.9. The van der Waals surface area contributed by atoms with Crippen LogP contribution >= 0.6 is 11.6 Å². The number of nitrogens with two attached hydrogens (primary N) is 1. The van der Waals surface area contributed by atoms with E-state index in [4.69, 9.17) is 22.4 Å². The van der Waals surface area contributed by atoms with E-state index in [-0.39, 0.29) is 47.2 Å². The molecule has 0 aromatic heterocycles. The molecule has 1 amide bonds. The van der Waals surface area contributed by atoms with Crippen LogP contribution in [0.2, 0.25) is 5.02 Å². The Hall–Kier alpha value is -2.28. The van der Waals surface area contributed by atoms with Gasteiger partial charge in [0.25, 0.3) is 0 Å². The van der Waals surface area contributed by atoms with Crippen LogP contribution in [-0.2, 0) is 11.4 Å². The quantitative estimate of drug-likeness (QED) is 0.543. The van der Waals surface area contributed by atoms with Crippen molar-refractivity contribution in [3.63, 3.8) is 0 Å². The molecule has 0 bridgehead atoms. The summed E-state index contributed by atoms with van der Waals surface area (Å²) in [5.74, 6) is -1.37. The minimum atomic E-state index is -0.649. The maximum Gasteiger partial charge on any atom is 0.218 e. The summed E-state index contributed by atoms with van der Waals surface area (Å²) >= 11 is 6.20. The molecule has 5 nitrogen and oxygen atoms in total. The summed E-state index contributed by atoms with van der Waals surface area (Å²) in [6.45, 7) is 1.68. The van der Waals surface area contributed by atoms with Crippen molar-refractivity contribution < 1.29 is 19.1 Å². The van der Waals surface area contributed by atoms with Crippen LogP contribution < -0.4 is 11.1 Å². The third-order valence-electron chi connectivity index (χ3n) is 5.15. The summed E-state index contributed by atoms with van der Waals surface area (Å²) in [6.07, 6.45) is 2.02. The Kier molecular flexibility index (Phi) is 6.67. The normalized spacial score (nSPS) is 15.7. The van der Waals surface area contributed by atoms with Gasteiger partial charge >= 0.3 is 0 Å². The average Bonchev–Trinajstić information content (AvgIpc) is 3.51. The van der Waals surface area contributed by atoms with Crippen LogP contribution in [0.3, 0.4) is 0 Å². The molecule has 1 aliphatic carbocycles. The van der Waals surface area contributed by atoms with Gasteiger partial charge in [-0.3, -0.25) is 9.59 Å². The lowest BCUT2D eigenvalue weighted by molar-refractivity contribution is -0.118. The van der Waals surface area contributed by atoms with Crippen LogP contribution in [0.15, 0.2) is 36.4 Å². The first-order valence-electron chi connectivity index (χ1n) is 9.58. The third-order valence-corrected chi connectivity index (χ3v) is 5.46. The fraction of sp³-hybridized carbons (Fsp3) is 0.364. The van der Waals surface area contributed by atoms with Gasteiger partial charge in [-0.1, -0.05) is 41.9 Å². The van der Waals surface area contributed by atoms with E-state index >= 15 is 4.39 Å². The van der Waals surface area contributed by atoms with Gasteiger partial charge in [-0.05, 0) is 37.3 Å². The Labute approximate surface area is 174 Å². The van der Waals surface area contributed by atoms with E-state index < -0.39 is 17.5 Å². The maximum absolute atomic E-state index is 15.5. The lowest BCUT2D eigenvalue weighted by atomic mass is 9.94. The van der Waals surface area contributed by atoms with E-state index in [0.717, 1.165) is 12.8 Å². The average molecular weight is 419 g/mol. The van der Waals surface area contributed by atoms with Gasteiger partial charge in [0, 0.05) is 29.6 Å². The van der Waals surface area contributed by atoms with E-state index in [1.165, 1.54) is 6.07 Å². The standard InChI is InChI=1S/C22H24ClFN2O3/c1-12(10-18(25)28)26-21(14-6-7-14)16-8-9-17(23)19(20(16)24)22(29)15-4-2-13(11-27)3-5-15/h2-5,8-9,12,14,21,26-27H,6-7,10-11H2,1H3,(H2,25,28)/t12-,21-/m1/s1. The molecule has 0 saturated heterocycles. The number of halogens is 2. The van der Waals surface area contributed by atoms with Crippen molar-refractivity contribution in [2.75, 3.05) is 0 Å². The van der Waals surface area contributed by atoms with Crippen molar-refractivity contribution in [2.24, 2.45) is 11.7 Å². The molecule has 2 aromatic carbocycles. The molecule has 2 atom stereocenters. The lowest BCUT2D eigenvalue weighted by Gasteiger charge is -2.24. The van der Waals surface area contributed by atoms with Crippen molar-refractivity contribution in [2.45, 2.75) is 44.9 Å². The number of benzene rings is 2. The van der Waals surface area contributed by atoms with Crippen LogP contribution in [0, 0.1) is 11.7 Å². The topological polar surface area (TPSA) is 92.4 Å². The molecule has 0 heterocycles. The third kappa shape index (κ3) is 5.01. The maximum atomic E-state index is 15.5. The number of carbonyl (C=O) groups excluding carboxylic acids is 2. The van der Waals surface area contributed by atoms with Gasteiger partial charge in [-0.15, -0.1) is 0 Å². The smallest absolute Gasteiger partial charge is 0.218 e. The molecular weight excluding hydrogens is 395 g/mol. The highest BCUT2D eigenvalue weighted by Crippen LogP contribution is 2.43. The molecule has 0 unspecified atom stereocenters. The Morgan fingerprint density at radius 2 is 1.90 bits per heavy atom. The molecule has 2 aromatic rings. The molecule has 1 fully saturated rings. The van der Waals surface area contributed by atoms with Gasteiger partial charge in [-0.2, -0.15) is 0 Å². The van der Waals surface area contributed by atoms with E-state index in [2.05, 4.69) is 5.32 Å². The molecule has 0 spiro atoms. The van der Waals surface area contributed by atoms with Gasteiger partial charge in [0.05, 0.1) is 17.2 Å². The summed E-state index contributed by atoms with van der Waals surface area (Å²) in [6, 6.07) is 8.89. The first kappa shape index (κ1) is 21.4. The summed E-state index contributed by atoms with van der Waals surface area (Å²) in [5.41, 5.74) is 6.41. The number of carbonyl (C=O) groups is 2. The number of amides is 1. The SMILES string of the molecule is C[C@H](CC(N)=O)N[C@@H](c1ccc(Cl)c(C(=O)c2ccc(CO)cc2)c1F)C1CC1. The monoisotopic (exact) mass is 418 g/mol. The summed E-state index contributed by atoms with van der Waals surface area (Å²) < 4.78 is 15.5. The number of hydrogen-bond donors (Lipinski definition) is 3. The highest BCUT2D eigenvalue weighted by atomic mass is 35.5. The van der Waals surface area contributed by atoms with Crippen molar-refractivity contribution in [3.05, 3.63) is 69.5 Å². The van der Waals surface area contributed by atoms with Crippen LogP contribution in [0.4, 0.5) is 4.39 Å². The number of nitrogens with one attached hydrogen (secondary N) is 1. The Morgan fingerprint density at radius 1 is 1.24 bits per heavy atom. The zero-order valence-electron chi connectivity index (χ0n) is 16.1. The van der Waals surface area contributed by atoms with Gasteiger partial charge < -0.3 is 16.2 Å². The first-order chi connectivity index (χ1) is 13.8. The summed E-state index contributed by atoms with van der Waals surface area (Å²) in [5, 5.41) is 12.5. The summed E-state index contributed by atoms with van der Waals surface area (Å²) in [7, 11) is 0. The number of aliphatic hydroxyl groups excluding tert-OH is 1. The molecule has 29 heavy (non-hydrogen) atoms. The van der Waals surface area contributed by atoms with Crippen LogP contribution in [0.1, 0.15) is 59.3 Å². The minimum absolute atomic E-state index is 0.0437. The van der Waals surface area contributed by atoms with E-state index in [1.807, 2.05) is 6.92 Å². The number of ketones is 1. The zero-order chi connectivity index (χ0) is 21.1. The van der Waals surface area contributed by atoms with Crippen LogP contribution in [-0.4, -0.2) is 22.8 Å². The second-order valence-corrected chi connectivity index (χ2v) is 7.97. The van der Waals surface area contributed by atoms with E-state index in [1.54, 1.807) is 30.3 Å². The van der Waals surface area contributed by atoms with Crippen LogP contribution in [0.5, 0.6) is 0 Å². The van der Waals surface area contributed by atoms with E-state index in [9.17, 15) is 9.59 Å². The Balaban J connectivity index is 1.94. The van der Waals surface area contributed by atoms with Gasteiger partial charge in [0.2, 0.25) is 5.91 Å². The number of primary amides is 1. The molecule has 154 valence electrons. The first-order valence-corrected chi connectivity index (χ1v) is 9.96. The molecule has 0 radical (unpaired) electrons. The summed E-state index contributed by atoms with van der Waals surface area (Å²) in [4.78, 5) is 24.1.